The van der Waals surface area contributed by atoms with E-state index in [0.29, 0.717) is 52.8 Å². The molecule has 1 N–H and O–H groups in total. The Labute approximate surface area is 134 Å². The molecule has 0 radical (unpaired) electrons. The highest BCUT2D eigenvalue weighted by molar-refractivity contribution is 5.72. The Morgan fingerprint density at radius 3 is 1.73 bits per heavy atom. The molecule has 0 bridgehead atoms. The largest absolute Gasteiger partial charge is 0.379 e. The van der Waals surface area contributed by atoms with E-state index in [1.807, 2.05) is 0 Å². The van der Waals surface area contributed by atoms with E-state index < -0.39 is 0 Å². The van der Waals surface area contributed by atoms with Crippen LogP contribution in [0.1, 0.15) is 33.6 Å². The fourth-order valence-electron chi connectivity index (χ4n) is 1.65. The number of hydrogen-bond acceptors (Lipinski definition) is 5. The fourth-order valence-corrected chi connectivity index (χ4v) is 1.65. The number of ether oxygens (including phenoxy) is 4. The summed E-state index contributed by atoms with van der Waals surface area (Å²) in [7, 11) is 0. The lowest BCUT2D eigenvalue weighted by atomic mass is 10.1. The summed E-state index contributed by atoms with van der Waals surface area (Å²) in [4.78, 5) is 10.6. The maximum atomic E-state index is 10.6. The SMILES string of the molecule is CC(=O)NCCOCCOCCOCCOCCCC(C)C. The van der Waals surface area contributed by atoms with Gasteiger partial charge in [-0.3, -0.25) is 4.79 Å². The molecule has 0 spiro atoms. The maximum absolute atomic E-state index is 10.6. The van der Waals surface area contributed by atoms with Gasteiger partial charge in [0.25, 0.3) is 0 Å². The van der Waals surface area contributed by atoms with Gasteiger partial charge < -0.3 is 24.3 Å². The van der Waals surface area contributed by atoms with Crippen molar-refractivity contribution in [1.29, 1.82) is 0 Å². The molecule has 0 saturated heterocycles. The molecule has 0 unspecified atom stereocenters. The highest BCUT2D eigenvalue weighted by atomic mass is 16.6. The van der Waals surface area contributed by atoms with Crippen LogP contribution in [0.2, 0.25) is 0 Å². The highest BCUT2D eigenvalue weighted by Crippen LogP contribution is 2.02. The van der Waals surface area contributed by atoms with Gasteiger partial charge >= 0.3 is 0 Å². The third-order valence-corrected chi connectivity index (χ3v) is 2.81. The molecule has 0 saturated carbocycles. The summed E-state index contributed by atoms with van der Waals surface area (Å²) < 4.78 is 21.5. The maximum Gasteiger partial charge on any atom is 0.216 e. The van der Waals surface area contributed by atoms with Gasteiger partial charge in [-0.15, -0.1) is 0 Å². The van der Waals surface area contributed by atoms with E-state index in [1.165, 1.54) is 13.3 Å². The van der Waals surface area contributed by atoms with Gasteiger partial charge in [-0.25, -0.2) is 0 Å². The number of nitrogens with one attached hydrogen (secondary N) is 1. The molecule has 0 atom stereocenters. The zero-order valence-corrected chi connectivity index (χ0v) is 14.4. The summed E-state index contributed by atoms with van der Waals surface area (Å²) in [5.41, 5.74) is 0. The van der Waals surface area contributed by atoms with E-state index in [-0.39, 0.29) is 5.91 Å². The molecule has 0 aliphatic heterocycles. The minimum atomic E-state index is -0.0408. The standard InChI is InChI=1S/C16H33NO5/c1-15(2)5-4-7-19-9-11-21-13-14-22-12-10-20-8-6-17-16(3)18/h15H,4-14H2,1-3H3,(H,17,18). The quantitative estimate of drug-likeness (QED) is 0.438. The van der Waals surface area contributed by atoms with Gasteiger partial charge in [0.1, 0.15) is 0 Å². The summed E-state index contributed by atoms with van der Waals surface area (Å²) in [5.74, 6) is 0.701. The van der Waals surface area contributed by atoms with Crippen LogP contribution in [0.3, 0.4) is 0 Å². The second-order valence-electron chi connectivity index (χ2n) is 5.47. The van der Waals surface area contributed by atoms with E-state index in [1.54, 1.807) is 0 Å². The predicted molar refractivity (Wildman–Crippen MR) is 86.0 cm³/mol. The number of amides is 1. The lowest BCUT2D eigenvalue weighted by Crippen LogP contribution is -2.25. The van der Waals surface area contributed by atoms with Gasteiger partial charge in [0.2, 0.25) is 5.91 Å². The number of carbonyl (C=O) groups is 1. The van der Waals surface area contributed by atoms with Crippen molar-refractivity contribution < 1.29 is 23.7 Å². The van der Waals surface area contributed by atoms with E-state index in [0.717, 1.165) is 18.9 Å². The van der Waals surface area contributed by atoms with Crippen molar-refractivity contribution >= 4 is 5.91 Å². The molecule has 0 rings (SSSR count). The van der Waals surface area contributed by atoms with Crippen LogP contribution in [0.15, 0.2) is 0 Å². The molecular weight excluding hydrogens is 286 g/mol. The molecule has 0 aliphatic rings. The molecule has 6 heteroatoms. The molecule has 0 heterocycles. The summed E-state index contributed by atoms with van der Waals surface area (Å²) in [6.07, 6.45) is 2.32. The van der Waals surface area contributed by atoms with Gasteiger partial charge in [0.15, 0.2) is 0 Å². The smallest absolute Gasteiger partial charge is 0.216 e. The minimum Gasteiger partial charge on any atom is -0.379 e. The second-order valence-corrected chi connectivity index (χ2v) is 5.47. The van der Waals surface area contributed by atoms with E-state index in [9.17, 15) is 4.79 Å². The average molecular weight is 319 g/mol. The first-order valence-corrected chi connectivity index (χ1v) is 8.18. The van der Waals surface area contributed by atoms with Crippen LogP contribution in [0.5, 0.6) is 0 Å². The first kappa shape index (κ1) is 21.3. The van der Waals surface area contributed by atoms with Gasteiger partial charge in [0, 0.05) is 20.1 Å². The Hall–Kier alpha value is -0.690. The highest BCUT2D eigenvalue weighted by Gasteiger charge is 1.95. The average Bonchev–Trinajstić information content (AvgIpc) is 2.46. The monoisotopic (exact) mass is 319 g/mol. The van der Waals surface area contributed by atoms with Crippen molar-refractivity contribution in [3.63, 3.8) is 0 Å². The Morgan fingerprint density at radius 1 is 0.818 bits per heavy atom. The number of carbonyl (C=O) groups excluding carboxylic acids is 1. The first-order chi connectivity index (χ1) is 10.6. The molecule has 0 aliphatic carbocycles. The van der Waals surface area contributed by atoms with Crippen LogP contribution in [-0.4, -0.2) is 65.3 Å². The topological polar surface area (TPSA) is 66.0 Å². The zero-order valence-electron chi connectivity index (χ0n) is 14.4. The Balaban J connectivity index is 2.98. The van der Waals surface area contributed by atoms with Crippen molar-refractivity contribution in [2.75, 3.05) is 59.4 Å². The summed E-state index contributed by atoms with van der Waals surface area (Å²) >= 11 is 0. The van der Waals surface area contributed by atoms with Crippen molar-refractivity contribution in [2.24, 2.45) is 5.92 Å². The van der Waals surface area contributed by atoms with Crippen LogP contribution >= 0.6 is 0 Å². The first-order valence-electron chi connectivity index (χ1n) is 8.18. The minimum absolute atomic E-state index is 0.0408. The van der Waals surface area contributed by atoms with Gasteiger partial charge in [-0.2, -0.15) is 0 Å². The normalized spacial score (nSPS) is 11.1. The lowest BCUT2D eigenvalue weighted by molar-refractivity contribution is -0.119. The second kappa shape index (κ2) is 16.7. The molecule has 0 fully saturated rings. The summed E-state index contributed by atoms with van der Waals surface area (Å²) in [6.45, 7) is 11.2. The van der Waals surface area contributed by atoms with Crippen molar-refractivity contribution in [3.05, 3.63) is 0 Å². The van der Waals surface area contributed by atoms with Crippen LogP contribution in [0.25, 0.3) is 0 Å². The zero-order chi connectivity index (χ0) is 16.5. The van der Waals surface area contributed by atoms with Crippen molar-refractivity contribution in [1.82, 2.24) is 5.32 Å². The summed E-state index contributed by atoms with van der Waals surface area (Å²) in [6, 6.07) is 0. The van der Waals surface area contributed by atoms with Gasteiger partial charge in [0.05, 0.1) is 46.2 Å². The molecule has 22 heavy (non-hydrogen) atoms. The number of rotatable bonds is 16. The van der Waals surface area contributed by atoms with Gasteiger partial charge in [-0.1, -0.05) is 13.8 Å². The van der Waals surface area contributed by atoms with Crippen LogP contribution < -0.4 is 5.32 Å². The lowest BCUT2D eigenvalue weighted by Gasteiger charge is -2.08. The fraction of sp³-hybridized carbons (Fsp3) is 0.938. The van der Waals surface area contributed by atoms with Crippen molar-refractivity contribution in [2.45, 2.75) is 33.6 Å². The Morgan fingerprint density at radius 2 is 1.27 bits per heavy atom. The third-order valence-electron chi connectivity index (χ3n) is 2.81. The molecule has 0 aromatic heterocycles. The number of hydrogen-bond donors (Lipinski definition) is 1. The van der Waals surface area contributed by atoms with Gasteiger partial charge in [-0.05, 0) is 18.8 Å². The molecule has 6 nitrogen and oxygen atoms in total. The summed E-state index contributed by atoms with van der Waals surface area (Å²) in [5, 5.41) is 2.66. The van der Waals surface area contributed by atoms with Crippen LogP contribution in [0.4, 0.5) is 0 Å². The Bertz CT molecular complexity index is 249. The van der Waals surface area contributed by atoms with E-state index in [2.05, 4.69) is 19.2 Å². The van der Waals surface area contributed by atoms with Crippen LogP contribution in [0, 0.1) is 5.92 Å². The Kier molecular flexibility index (Phi) is 16.2. The molecule has 1 amide bonds. The van der Waals surface area contributed by atoms with E-state index >= 15 is 0 Å². The predicted octanol–water partition coefficient (Wildman–Crippen LogP) is 1.63. The molecular formula is C16H33NO5. The molecule has 0 aromatic carbocycles. The molecule has 132 valence electrons. The molecule has 0 aromatic rings. The van der Waals surface area contributed by atoms with E-state index in [4.69, 9.17) is 18.9 Å². The third kappa shape index (κ3) is 19.3. The van der Waals surface area contributed by atoms with Crippen LogP contribution in [-0.2, 0) is 23.7 Å². The van der Waals surface area contributed by atoms with Crippen molar-refractivity contribution in [3.8, 4) is 0 Å².